The Morgan fingerprint density at radius 1 is 1.44 bits per heavy atom. The molecule has 0 radical (unpaired) electrons. The van der Waals surface area contributed by atoms with Crippen LogP contribution in [0, 0.1) is 15.9 Å². The molecule has 0 fully saturated rings. The van der Waals surface area contributed by atoms with E-state index >= 15 is 0 Å². The summed E-state index contributed by atoms with van der Waals surface area (Å²) in [4.78, 5) is 19.7. The first-order valence-electron chi connectivity index (χ1n) is 3.83. The summed E-state index contributed by atoms with van der Waals surface area (Å²) >= 11 is 0. The van der Waals surface area contributed by atoms with Crippen molar-refractivity contribution in [2.24, 2.45) is 0 Å². The van der Waals surface area contributed by atoms with E-state index in [1.54, 1.807) is 0 Å². The first kappa shape index (κ1) is 12.0. The third kappa shape index (κ3) is 2.47. The Bertz CT molecular complexity index is 436. The number of halogens is 3. The zero-order chi connectivity index (χ0) is 12.3. The maximum atomic E-state index is 13.2. The molecule has 1 aromatic rings. The van der Waals surface area contributed by atoms with Crippen LogP contribution in [0.15, 0.2) is 12.1 Å². The van der Waals surface area contributed by atoms with Crippen LogP contribution in [0.4, 0.5) is 18.9 Å². The lowest BCUT2D eigenvalue weighted by atomic mass is 10.2. The highest BCUT2D eigenvalue weighted by atomic mass is 19.3. The normalized spacial score (nSPS) is 10.2. The molecule has 0 N–H and O–H groups in total. The highest BCUT2D eigenvalue weighted by Gasteiger charge is 2.19. The number of nitro groups is 1. The van der Waals surface area contributed by atoms with Crippen molar-refractivity contribution in [2.45, 2.75) is 6.61 Å². The highest BCUT2D eigenvalue weighted by Crippen LogP contribution is 2.27. The Morgan fingerprint density at radius 3 is 2.50 bits per heavy atom. The predicted molar refractivity (Wildman–Crippen MR) is 45.1 cm³/mol. The van der Waals surface area contributed by atoms with E-state index in [9.17, 15) is 28.1 Å². The summed E-state index contributed by atoms with van der Waals surface area (Å²) in [6.07, 6.45) is -0.0271. The molecule has 0 unspecified atom stereocenters. The van der Waals surface area contributed by atoms with Crippen LogP contribution in [-0.2, 0) is 0 Å². The lowest BCUT2D eigenvalue weighted by Crippen LogP contribution is -2.06. The van der Waals surface area contributed by atoms with E-state index < -0.39 is 34.4 Å². The van der Waals surface area contributed by atoms with Crippen LogP contribution in [0.5, 0.6) is 5.75 Å². The molecule has 16 heavy (non-hydrogen) atoms. The second kappa shape index (κ2) is 4.60. The Morgan fingerprint density at radius 2 is 2.06 bits per heavy atom. The summed E-state index contributed by atoms with van der Waals surface area (Å²) in [5, 5.41) is 10.3. The van der Waals surface area contributed by atoms with Gasteiger partial charge in [0.15, 0.2) is 17.9 Å². The average molecular weight is 235 g/mol. The predicted octanol–water partition coefficient (Wildman–Crippen LogP) is 2.15. The lowest BCUT2D eigenvalue weighted by molar-refractivity contribution is -0.385. The molecule has 0 aliphatic rings. The molecule has 0 bridgehead atoms. The number of ether oxygens (including phenoxy) is 1. The minimum atomic E-state index is -3.34. The van der Waals surface area contributed by atoms with Crippen molar-refractivity contribution in [3.63, 3.8) is 0 Å². The number of hydrogen-bond donors (Lipinski definition) is 0. The van der Waals surface area contributed by atoms with Crippen molar-refractivity contribution < 1.29 is 27.6 Å². The molecule has 8 heteroatoms. The minimum Gasteiger partial charge on any atom is -0.431 e. The number of hydrogen-bond acceptors (Lipinski definition) is 4. The third-order valence-electron chi connectivity index (χ3n) is 1.61. The molecular weight excluding hydrogens is 231 g/mol. The fourth-order valence-electron chi connectivity index (χ4n) is 0.977. The molecule has 1 aromatic carbocycles. The molecule has 5 nitrogen and oxygen atoms in total. The summed E-state index contributed by atoms with van der Waals surface area (Å²) in [5.74, 6) is -2.40. The minimum absolute atomic E-state index is 0.0271. The van der Waals surface area contributed by atoms with Crippen LogP contribution in [0.3, 0.4) is 0 Å². The van der Waals surface area contributed by atoms with Crippen LogP contribution < -0.4 is 4.74 Å². The van der Waals surface area contributed by atoms with Gasteiger partial charge >= 0.3 is 6.61 Å². The van der Waals surface area contributed by atoms with Gasteiger partial charge in [0.25, 0.3) is 5.69 Å². The van der Waals surface area contributed by atoms with Gasteiger partial charge in [0.05, 0.1) is 16.6 Å². The van der Waals surface area contributed by atoms with Gasteiger partial charge < -0.3 is 4.74 Å². The van der Waals surface area contributed by atoms with Crippen molar-refractivity contribution in [3.05, 3.63) is 33.6 Å². The topological polar surface area (TPSA) is 69.4 Å². The van der Waals surface area contributed by atoms with Crippen molar-refractivity contribution in [1.82, 2.24) is 0 Å². The molecule has 0 spiro atoms. The van der Waals surface area contributed by atoms with E-state index in [4.69, 9.17) is 0 Å². The Labute approximate surface area is 86.6 Å². The van der Waals surface area contributed by atoms with Gasteiger partial charge in [0.1, 0.15) is 0 Å². The maximum absolute atomic E-state index is 13.2. The smallest absolute Gasteiger partial charge is 0.387 e. The summed E-state index contributed by atoms with van der Waals surface area (Å²) in [6, 6.07) is 1.11. The molecule has 86 valence electrons. The summed E-state index contributed by atoms with van der Waals surface area (Å²) < 4.78 is 40.5. The van der Waals surface area contributed by atoms with Gasteiger partial charge in [-0.05, 0) is 0 Å². The molecule has 0 aromatic heterocycles. The number of nitro benzene ring substituents is 1. The Balaban J connectivity index is 3.29. The number of rotatable bonds is 4. The largest absolute Gasteiger partial charge is 0.431 e. The molecule has 0 saturated heterocycles. The lowest BCUT2D eigenvalue weighted by Gasteiger charge is -2.06. The van der Waals surface area contributed by atoms with Crippen LogP contribution in [0.25, 0.3) is 0 Å². The first-order chi connectivity index (χ1) is 7.45. The van der Waals surface area contributed by atoms with E-state index in [1.165, 1.54) is 0 Å². The molecule has 1 rings (SSSR count). The summed E-state index contributed by atoms with van der Waals surface area (Å²) in [6.45, 7) is -3.34. The second-order valence-electron chi connectivity index (χ2n) is 2.60. The summed E-state index contributed by atoms with van der Waals surface area (Å²) in [7, 11) is 0. The number of carbonyl (C=O) groups excluding carboxylic acids is 1. The first-order valence-corrected chi connectivity index (χ1v) is 3.83. The fraction of sp³-hybridized carbons (Fsp3) is 0.125. The quantitative estimate of drug-likeness (QED) is 0.455. The van der Waals surface area contributed by atoms with E-state index in [-0.39, 0.29) is 6.29 Å². The Hall–Kier alpha value is -2.12. The van der Waals surface area contributed by atoms with Gasteiger partial charge in [-0.2, -0.15) is 8.78 Å². The van der Waals surface area contributed by atoms with Gasteiger partial charge in [-0.25, -0.2) is 4.39 Å². The zero-order valence-electron chi connectivity index (χ0n) is 7.52. The van der Waals surface area contributed by atoms with Gasteiger partial charge in [0, 0.05) is 6.07 Å². The van der Waals surface area contributed by atoms with E-state index in [1.807, 2.05) is 0 Å². The molecule has 0 atom stereocenters. The SMILES string of the molecule is O=Cc1cc([N+](=O)[O-])cc(OC(F)F)c1F. The molecule has 0 saturated carbocycles. The van der Waals surface area contributed by atoms with Crippen LogP contribution >= 0.6 is 0 Å². The molecule has 0 amide bonds. The standard InChI is InChI=1S/C8H4F3NO4/c9-7-4(3-13)1-5(12(14)15)2-6(7)16-8(10)11/h1-3,8H. The number of carbonyl (C=O) groups is 1. The van der Waals surface area contributed by atoms with Gasteiger partial charge in [-0.1, -0.05) is 0 Å². The van der Waals surface area contributed by atoms with Crippen molar-refractivity contribution in [1.29, 1.82) is 0 Å². The fourth-order valence-corrected chi connectivity index (χ4v) is 0.977. The van der Waals surface area contributed by atoms with Crippen LogP contribution in [0.2, 0.25) is 0 Å². The number of benzene rings is 1. The number of aldehydes is 1. The zero-order valence-corrected chi connectivity index (χ0v) is 7.52. The average Bonchev–Trinajstić information content (AvgIpc) is 2.20. The van der Waals surface area contributed by atoms with Crippen LogP contribution in [0.1, 0.15) is 10.4 Å². The summed E-state index contributed by atoms with van der Waals surface area (Å²) in [5.41, 5.74) is -1.43. The third-order valence-corrected chi connectivity index (χ3v) is 1.61. The second-order valence-corrected chi connectivity index (χ2v) is 2.60. The van der Waals surface area contributed by atoms with Gasteiger partial charge in [-0.15, -0.1) is 0 Å². The monoisotopic (exact) mass is 235 g/mol. The van der Waals surface area contributed by atoms with E-state index in [0.717, 1.165) is 0 Å². The molecule has 0 heterocycles. The highest BCUT2D eigenvalue weighted by molar-refractivity contribution is 5.77. The number of non-ortho nitro benzene ring substituents is 1. The number of alkyl halides is 2. The molecule has 0 aliphatic carbocycles. The van der Waals surface area contributed by atoms with Gasteiger partial charge in [0.2, 0.25) is 0 Å². The van der Waals surface area contributed by atoms with Crippen LogP contribution in [-0.4, -0.2) is 17.8 Å². The van der Waals surface area contributed by atoms with E-state index in [0.29, 0.717) is 12.1 Å². The van der Waals surface area contributed by atoms with Crippen molar-refractivity contribution in [2.75, 3.05) is 0 Å². The Kier molecular flexibility index (Phi) is 3.44. The van der Waals surface area contributed by atoms with E-state index in [2.05, 4.69) is 4.74 Å². The molecular formula is C8H4F3NO4. The van der Waals surface area contributed by atoms with Crippen molar-refractivity contribution >= 4 is 12.0 Å². The molecule has 0 aliphatic heterocycles. The van der Waals surface area contributed by atoms with Gasteiger partial charge in [-0.3, -0.25) is 14.9 Å². The number of nitrogens with zero attached hydrogens (tertiary/aromatic N) is 1. The maximum Gasteiger partial charge on any atom is 0.387 e. The van der Waals surface area contributed by atoms with Crippen molar-refractivity contribution in [3.8, 4) is 5.75 Å².